The maximum absolute atomic E-state index is 14.6. The maximum Gasteiger partial charge on any atom is 0.333 e. The molecular formula is C30H33FN4O2. The number of esters is 1. The highest BCUT2D eigenvalue weighted by atomic mass is 19.1. The van der Waals surface area contributed by atoms with Gasteiger partial charge in [0.15, 0.2) is 0 Å². The fourth-order valence-electron chi connectivity index (χ4n) is 6.41. The van der Waals surface area contributed by atoms with Crippen molar-refractivity contribution in [3.8, 4) is 0 Å². The van der Waals surface area contributed by atoms with Gasteiger partial charge in [-0.15, -0.1) is 0 Å². The third-order valence-corrected chi connectivity index (χ3v) is 8.44. The van der Waals surface area contributed by atoms with Crippen LogP contribution in [0.1, 0.15) is 55.7 Å². The Labute approximate surface area is 217 Å². The Kier molecular flexibility index (Phi) is 6.11. The number of methoxy groups -OCH3 is 1. The zero-order valence-electron chi connectivity index (χ0n) is 21.7. The van der Waals surface area contributed by atoms with Crippen LogP contribution in [-0.2, 0) is 9.53 Å². The summed E-state index contributed by atoms with van der Waals surface area (Å²) in [5, 5.41) is 4.71. The Morgan fingerprint density at radius 2 is 2.00 bits per heavy atom. The van der Waals surface area contributed by atoms with E-state index in [4.69, 9.17) is 9.84 Å². The molecule has 3 aliphatic heterocycles. The molecule has 0 atom stereocenters. The second kappa shape index (κ2) is 9.45. The zero-order valence-corrected chi connectivity index (χ0v) is 21.7. The Hall–Kier alpha value is -3.45. The van der Waals surface area contributed by atoms with Crippen LogP contribution in [0.3, 0.4) is 0 Å². The highest BCUT2D eigenvalue weighted by Crippen LogP contribution is 2.40. The first-order valence-electron chi connectivity index (χ1n) is 13.1. The molecule has 0 bridgehead atoms. The van der Waals surface area contributed by atoms with Gasteiger partial charge in [0.05, 0.1) is 18.5 Å². The van der Waals surface area contributed by atoms with Crippen molar-refractivity contribution in [3.05, 3.63) is 81.0 Å². The summed E-state index contributed by atoms with van der Waals surface area (Å²) in [5.74, 6) is -0.428. The summed E-state index contributed by atoms with van der Waals surface area (Å²) in [6.45, 7) is 4.61. The van der Waals surface area contributed by atoms with E-state index >= 15 is 0 Å². The van der Waals surface area contributed by atoms with Gasteiger partial charge in [-0.3, -0.25) is 10.3 Å². The van der Waals surface area contributed by atoms with Gasteiger partial charge in [0, 0.05) is 61.2 Å². The van der Waals surface area contributed by atoms with Gasteiger partial charge in [-0.2, -0.15) is 5.10 Å². The third-order valence-electron chi connectivity index (χ3n) is 8.44. The number of carbonyl (C=O) groups excluding carboxylic acids is 1. The van der Waals surface area contributed by atoms with Gasteiger partial charge in [-0.05, 0) is 73.9 Å². The largest absolute Gasteiger partial charge is 0.466 e. The zero-order chi connectivity index (χ0) is 25.7. The molecular weight excluding hydrogens is 467 g/mol. The van der Waals surface area contributed by atoms with Gasteiger partial charge in [0.2, 0.25) is 0 Å². The van der Waals surface area contributed by atoms with E-state index in [1.807, 2.05) is 19.1 Å². The Bertz CT molecular complexity index is 1350. The summed E-state index contributed by atoms with van der Waals surface area (Å²) >= 11 is 0. The number of allylic oxidation sites excluding steroid dienone is 3. The van der Waals surface area contributed by atoms with E-state index in [1.54, 1.807) is 12.1 Å². The van der Waals surface area contributed by atoms with Crippen LogP contribution >= 0.6 is 0 Å². The summed E-state index contributed by atoms with van der Waals surface area (Å²) < 4.78 is 19.5. The number of hydrogen-bond acceptors (Lipinski definition) is 6. The molecule has 1 N–H and O–H groups in total. The number of nitrogens with zero attached hydrogens (tertiary/aromatic N) is 3. The fraction of sp³-hybridized carbons (Fsp3) is 0.400. The number of fused-ring (bicyclic) bond motifs is 2. The molecule has 0 unspecified atom stereocenters. The van der Waals surface area contributed by atoms with Crippen molar-refractivity contribution in [2.75, 3.05) is 33.8 Å². The topological polar surface area (TPSA) is 57.2 Å². The van der Waals surface area contributed by atoms with Crippen molar-refractivity contribution >= 4 is 23.3 Å². The van der Waals surface area contributed by atoms with Crippen LogP contribution in [0.4, 0.5) is 4.39 Å². The molecule has 2 aliphatic carbocycles. The van der Waals surface area contributed by atoms with Crippen molar-refractivity contribution in [1.29, 1.82) is 0 Å². The standard InChI is InChI=1S/C30H33FN4O2/c1-18(30(36)37-3)19-4-7-23(8-5-19)35-12-10-20(11-13-35)25-16-34(2)17-26-24-15-22(31)14-21-6-9-27(28(21)24)32-33-29(25)26/h6,9-10,14-15,17,23,33H,4-5,7-8,11-13,16H2,1-3H3. The van der Waals surface area contributed by atoms with Crippen molar-refractivity contribution in [2.24, 2.45) is 5.10 Å². The first-order chi connectivity index (χ1) is 17.9. The van der Waals surface area contributed by atoms with Crippen molar-refractivity contribution < 1.29 is 13.9 Å². The van der Waals surface area contributed by atoms with Crippen LogP contribution in [0.5, 0.6) is 0 Å². The first kappa shape index (κ1) is 23.9. The van der Waals surface area contributed by atoms with E-state index in [0.717, 1.165) is 91.0 Å². The molecule has 0 saturated heterocycles. The van der Waals surface area contributed by atoms with E-state index < -0.39 is 0 Å². The Balaban J connectivity index is 1.24. The molecule has 1 saturated carbocycles. The van der Waals surface area contributed by atoms with E-state index in [-0.39, 0.29) is 11.8 Å². The SMILES string of the molecule is COC(=O)C(C)=C1CCC(N2CC=C(C3=C4NN=C5C=Cc6cc(F)cc(c65)C4=CN(C)C3)CC2)CC1. The summed E-state index contributed by atoms with van der Waals surface area (Å²) in [4.78, 5) is 16.7. The molecule has 1 fully saturated rings. The number of likely N-dealkylation sites (N-methyl/N-ethyl adjacent to an activating group) is 1. The molecule has 1 aromatic carbocycles. The highest BCUT2D eigenvalue weighted by Gasteiger charge is 2.32. The average Bonchev–Trinajstić information content (AvgIpc) is 3.26. The predicted octanol–water partition coefficient (Wildman–Crippen LogP) is 4.76. The summed E-state index contributed by atoms with van der Waals surface area (Å²) in [5.41, 5.74) is 13.6. The third kappa shape index (κ3) is 4.25. The lowest BCUT2D eigenvalue weighted by Crippen LogP contribution is -2.40. The number of benzene rings is 1. The summed E-state index contributed by atoms with van der Waals surface area (Å²) in [7, 11) is 3.53. The number of carbonyl (C=O) groups is 1. The monoisotopic (exact) mass is 500 g/mol. The molecule has 7 heteroatoms. The first-order valence-corrected chi connectivity index (χ1v) is 13.1. The minimum absolute atomic E-state index is 0.202. The van der Waals surface area contributed by atoms with Crippen LogP contribution in [0, 0.1) is 5.82 Å². The maximum atomic E-state index is 14.6. The average molecular weight is 501 g/mol. The van der Waals surface area contributed by atoms with E-state index in [2.05, 4.69) is 34.5 Å². The highest BCUT2D eigenvalue weighted by molar-refractivity contribution is 6.20. The summed E-state index contributed by atoms with van der Waals surface area (Å²) in [6, 6.07) is 3.76. The van der Waals surface area contributed by atoms with Gasteiger partial charge in [-0.25, -0.2) is 9.18 Å². The molecule has 5 aliphatic rings. The molecule has 0 amide bonds. The lowest BCUT2D eigenvalue weighted by atomic mass is 9.85. The van der Waals surface area contributed by atoms with Crippen molar-refractivity contribution in [2.45, 2.75) is 45.1 Å². The number of hydrazone groups is 1. The van der Waals surface area contributed by atoms with Crippen LogP contribution < -0.4 is 5.43 Å². The molecule has 1 aromatic rings. The van der Waals surface area contributed by atoms with Gasteiger partial charge in [-0.1, -0.05) is 17.7 Å². The normalized spacial score (nSPS) is 22.9. The number of halogens is 1. The number of nitrogens with one attached hydrogen (secondary N) is 1. The van der Waals surface area contributed by atoms with Crippen LogP contribution in [0.25, 0.3) is 11.6 Å². The Morgan fingerprint density at radius 3 is 2.73 bits per heavy atom. The molecule has 0 radical (unpaired) electrons. The second-order valence-corrected chi connectivity index (χ2v) is 10.6. The number of rotatable bonds is 3. The van der Waals surface area contributed by atoms with Gasteiger partial charge in [0.1, 0.15) is 5.82 Å². The number of hydrogen-bond donors (Lipinski definition) is 1. The molecule has 3 heterocycles. The molecule has 0 aromatic heterocycles. The fourth-order valence-corrected chi connectivity index (χ4v) is 6.41. The van der Waals surface area contributed by atoms with E-state index in [9.17, 15) is 9.18 Å². The van der Waals surface area contributed by atoms with E-state index in [0.29, 0.717) is 6.04 Å². The van der Waals surface area contributed by atoms with E-state index in [1.165, 1.54) is 23.8 Å². The van der Waals surface area contributed by atoms with Crippen molar-refractivity contribution in [1.82, 2.24) is 15.2 Å². The van der Waals surface area contributed by atoms with Gasteiger partial charge < -0.3 is 9.64 Å². The Morgan fingerprint density at radius 1 is 1.19 bits per heavy atom. The quantitative estimate of drug-likeness (QED) is 0.479. The molecule has 6 rings (SSSR count). The lowest BCUT2D eigenvalue weighted by Gasteiger charge is -2.38. The summed E-state index contributed by atoms with van der Waals surface area (Å²) in [6.07, 6.45) is 13.4. The van der Waals surface area contributed by atoms with Gasteiger partial charge in [0.25, 0.3) is 0 Å². The molecule has 192 valence electrons. The lowest BCUT2D eigenvalue weighted by molar-refractivity contribution is -0.136. The van der Waals surface area contributed by atoms with Crippen molar-refractivity contribution in [3.63, 3.8) is 0 Å². The molecule has 37 heavy (non-hydrogen) atoms. The van der Waals surface area contributed by atoms with Crippen LogP contribution in [0.2, 0.25) is 0 Å². The second-order valence-electron chi connectivity index (χ2n) is 10.6. The minimum atomic E-state index is -0.226. The van der Waals surface area contributed by atoms with Gasteiger partial charge >= 0.3 is 5.97 Å². The molecule has 6 nitrogen and oxygen atoms in total. The number of ether oxygens (including phenoxy) is 1. The van der Waals surface area contributed by atoms with Crippen LogP contribution in [0.15, 0.2) is 63.6 Å². The minimum Gasteiger partial charge on any atom is -0.466 e. The predicted molar refractivity (Wildman–Crippen MR) is 144 cm³/mol. The van der Waals surface area contributed by atoms with Crippen LogP contribution in [-0.4, -0.2) is 61.3 Å². The molecule has 0 spiro atoms. The smallest absolute Gasteiger partial charge is 0.333 e.